The molecule has 1 unspecified atom stereocenters. The maximum absolute atomic E-state index is 17.0. The number of fused-ring (bicyclic) bond motifs is 1. The molecule has 7 nitrogen and oxygen atoms in total. The average Bonchev–Trinajstić information content (AvgIpc) is 3.56. The number of aromatic nitrogens is 3. The van der Waals surface area contributed by atoms with Gasteiger partial charge in [0.15, 0.2) is 0 Å². The molecule has 0 radical (unpaired) electrons. The zero-order chi connectivity index (χ0) is 34.7. The van der Waals surface area contributed by atoms with Gasteiger partial charge in [-0.05, 0) is 91.6 Å². The van der Waals surface area contributed by atoms with Crippen LogP contribution in [0.2, 0.25) is 0 Å². The monoisotopic (exact) mass is 682 g/mol. The number of halogens is 6. The molecule has 2 aliphatic carbocycles. The normalized spacial score (nSPS) is 26.3. The Balaban J connectivity index is 1.28. The van der Waals surface area contributed by atoms with Gasteiger partial charge in [-0.3, -0.25) is 4.90 Å². The minimum Gasteiger partial charge on any atom is -0.492 e. The molecular weight excluding hydrogens is 646 g/mol. The Bertz CT molecular complexity index is 2020. The summed E-state index contributed by atoms with van der Waals surface area (Å²) in [5, 5.41) is 0.740. The fourth-order valence-electron chi connectivity index (χ4n) is 9.02. The summed E-state index contributed by atoms with van der Waals surface area (Å²) in [6.45, 7) is 4.39. The van der Waals surface area contributed by atoms with Crippen LogP contribution >= 0.6 is 0 Å². The molecular formula is C36H36F6N6O. The summed E-state index contributed by atoms with van der Waals surface area (Å²) < 4.78 is 95.5. The minimum absolute atomic E-state index is 0.122. The smallest absolute Gasteiger partial charge is 0.418 e. The van der Waals surface area contributed by atoms with E-state index in [1.807, 2.05) is 13.0 Å². The third-order valence-electron chi connectivity index (χ3n) is 11.7. The largest absolute Gasteiger partial charge is 0.492 e. The van der Waals surface area contributed by atoms with Crippen molar-refractivity contribution in [3.63, 3.8) is 0 Å². The summed E-state index contributed by atoms with van der Waals surface area (Å²) in [4.78, 5) is 14.2. The van der Waals surface area contributed by atoms with Gasteiger partial charge in [0, 0.05) is 47.8 Å². The number of aryl methyl sites for hydroxylation is 2. The van der Waals surface area contributed by atoms with E-state index in [-0.39, 0.29) is 52.9 Å². The average molecular weight is 683 g/mol. The summed E-state index contributed by atoms with van der Waals surface area (Å²) in [5.74, 6) is -3.40. The highest BCUT2D eigenvalue weighted by Gasteiger charge is 2.78. The van der Waals surface area contributed by atoms with Crippen molar-refractivity contribution in [2.45, 2.75) is 81.8 Å². The van der Waals surface area contributed by atoms with Crippen molar-refractivity contribution in [2.24, 2.45) is 5.41 Å². The number of nitrogens with zero attached hydrogens (tertiary/aromatic N) is 4. The van der Waals surface area contributed by atoms with E-state index in [1.165, 1.54) is 25.4 Å². The number of hydrogen-bond donors (Lipinski definition) is 2. The summed E-state index contributed by atoms with van der Waals surface area (Å²) in [7, 11) is 0. The quantitative estimate of drug-likeness (QED) is 0.200. The molecule has 2 aromatic heterocycles. The molecule has 3 fully saturated rings. The van der Waals surface area contributed by atoms with E-state index in [0.29, 0.717) is 67.7 Å². The summed E-state index contributed by atoms with van der Waals surface area (Å²) in [6, 6.07) is 6.00. The minimum atomic E-state index is -4.81. The maximum Gasteiger partial charge on any atom is 0.418 e. The lowest BCUT2D eigenvalue weighted by Crippen LogP contribution is -2.58. The third kappa shape index (κ3) is 4.93. The summed E-state index contributed by atoms with van der Waals surface area (Å²) in [6.07, 6.45) is 0.980. The SMILES string of the molecule is Cc1nc(N)cc(-c2cc3c4c(cc(OC[C@@]56CCN5C[C@]5(CC5(F)F)C6)cc4c2F)C([C@@H](C)c2cncnc2N)CCC3)c1C(F)(F)F. The van der Waals surface area contributed by atoms with Crippen LogP contribution in [0.4, 0.5) is 38.0 Å². The standard InChI is InChI=1S/C36H36F6N6O/c1-18(27-12-45-17-46-32(27)44)22-5-3-4-20-8-25(24-11-28(43)47-19(2)30(24)36(40,41)42)31(37)26-10-21(9-23(22)29(20)26)49-16-34-6-7-48(34)15-33(13-34)14-35(33,38)39/h8-12,17-18,22H,3-7,13-16H2,1-2H3,(H2,43,47)(H2,44,45,46)/t18-,22?,33-,34+/m1/s1. The van der Waals surface area contributed by atoms with Gasteiger partial charge in [-0.15, -0.1) is 0 Å². The van der Waals surface area contributed by atoms with E-state index in [9.17, 15) is 22.0 Å². The van der Waals surface area contributed by atoms with E-state index in [4.69, 9.17) is 16.2 Å². The molecule has 0 bridgehead atoms. The number of rotatable bonds is 6. The second-order valence-corrected chi connectivity index (χ2v) is 14.6. The zero-order valence-electron chi connectivity index (χ0n) is 27.1. The fraction of sp³-hybridized carbons (Fsp3) is 0.472. The first-order chi connectivity index (χ1) is 23.1. The number of anilines is 2. The van der Waals surface area contributed by atoms with Gasteiger partial charge in [-0.2, -0.15) is 13.2 Å². The van der Waals surface area contributed by atoms with Crippen LogP contribution in [0, 0.1) is 18.2 Å². The Kier molecular flexibility index (Phi) is 7.00. The third-order valence-corrected chi connectivity index (χ3v) is 11.7. The van der Waals surface area contributed by atoms with Crippen LogP contribution in [0.3, 0.4) is 0 Å². The molecule has 2 aliphatic heterocycles. The van der Waals surface area contributed by atoms with Crippen molar-refractivity contribution in [2.75, 3.05) is 31.2 Å². The van der Waals surface area contributed by atoms with Crippen molar-refractivity contribution < 1.29 is 31.1 Å². The van der Waals surface area contributed by atoms with Gasteiger partial charge in [0.2, 0.25) is 0 Å². The number of nitrogens with two attached hydrogens (primary N) is 2. The number of nitrogen functional groups attached to an aromatic ring is 2. The molecule has 0 amide bonds. The predicted octanol–water partition coefficient (Wildman–Crippen LogP) is 7.80. The second-order valence-electron chi connectivity index (χ2n) is 14.6. The van der Waals surface area contributed by atoms with Gasteiger partial charge < -0.3 is 16.2 Å². The molecule has 1 spiro atoms. The highest BCUT2D eigenvalue weighted by molar-refractivity contribution is 5.96. The predicted molar refractivity (Wildman–Crippen MR) is 173 cm³/mol. The van der Waals surface area contributed by atoms with E-state index in [0.717, 1.165) is 17.2 Å². The molecule has 4 aliphatic rings. The van der Waals surface area contributed by atoms with Crippen molar-refractivity contribution >= 4 is 22.4 Å². The maximum atomic E-state index is 17.0. The lowest BCUT2D eigenvalue weighted by molar-refractivity contribution is -0.137. The number of pyridine rings is 1. The summed E-state index contributed by atoms with van der Waals surface area (Å²) in [5.41, 5.74) is 10.9. The molecule has 258 valence electrons. The van der Waals surface area contributed by atoms with Crippen LogP contribution in [0.1, 0.15) is 78.8 Å². The van der Waals surface area contributed by atoms with Crippen molar-refractivity contribution in [1.29, 1.82) is 0 Å². The van der Waals surface area contributed by atoms with Crippen molar-refractivity contribution in [1.82, 2.24) is 19.9 Å². The van der Waals surface area contributed by atoms with Crippen LogP contribution in [0.25, 0.3) is 21.9 Å². The Morgan fingerprint density at radius 2 is 1.88 bits per heavy atom. The zero-order valence-corrected chi connectivity index (χ0v) is 27.1. The molecule has 2 saturated heterocycles. The van der Waals surface area contributed by atoms with E-state index in [2.05, 4.69) is 19.9 Å². The fourth-order valence-corrected chi connectivity index (χ4v) is 9.02. The van der Waals surface area contributed by atoms with Crippen molar-refractivity contribution in [3.8, 4) is 16.9 Å². The van der Waals surface area contributed by atoms with Gasteiger partial charge in [0.1, 0.15) is 36.1 Å². The number of hydrogen-bond acceptors (Lipinski definition) is 7. The van der Waals surface area contributed by atoms with Gasteiger partial charge in [0.25, 0.3) is 5.92 Å². The molecule has 4 N–H and O–H groups in total. The Morgan fingerprint density at radius 1 is 1.10 bits per heavy atom. The molecule has 4 atom stereocenters. The Labute approximate surface area is 279 Å². The summed E-state index contributed by atoms with van der Waals surface area (Å²) >= 11 is 0. The topological polar surface area (TPSA) is 103 Å². The first kappa shape index (κ1) is 32.1. The molecule has 8 rings (SSSR count). The van der Waals surface area contributed by atoms with E-state index >= 15 is 4.39 Å². The van der Waals surface area contributed by atoms with E-state index in [1.54, 1.807) is 6.20 Å². The molecule has 4 aromatic rings. The van der Waals surface area contributed by atoms with Crippen LogP contribution < -0.4 is 16.2 Å². The highest BCUT2D eigenvalue weighted by Crippen LogP contribution is 2.70. The van der Waals surface area contributed by atoms with Gasteiger partial charge in [-0.1, -0.05) is 6.92 Å². The van der Waals surface area contributed by atoms with Crippen LogP contribution in [-0.4, -0.2) is 51.0 Å². The number of alkyl halides is 5. The van der Waals surface area contributed by atoms with Gasteiger partial charge >= 0.3 is 6.18 Å². The van der Waals surface area contributed by atoms with Gasteiger partial charge in [-0.25, -0.2) is 28.1 Å². The highest BCUT2D eigenvalue weighted by atomic mass is 19.4. The van der Waals surface area contributed by atoms with Gasteiger partial charge in [0.05, 0.1) is 22.2 Å². The van der Waals surface area contributed by atoms with Crippen molar-refractivity contribution in [3.05, 3.63) is 70.6 Å². The molecule has 1 saturated carbocycles. The first-order valence-electron chi connectivity index (χ1n) is 16.6. The lowest BCUT2D eigenvalue weighted by atomic mass is 9.79. The van der Waals surface area contributed by atoms with Crippen LogP contribution in [0.5, 0.6) is 5.75 Å². The molecule has 13 heteroatoms. The second kappa shape index (κ2) is 10.7. The van der Waals surface area contributed by atoms with Crippen LogP contribution in [0.15, 0.2) is 36.8 Å². The molecule has 4 heterocycles. The molecule has 49 heavy (non-hydrogen) atoms. The Hall–Kier alpha value is -4.13. The number of ether oxygens (including phenoxy) is 1. The number of benzene rings is 2. The van der Waals surface area contributed by atoms with Crippen LogP contribution in [-0.2, 0) is 12.6 Å². The first-order valence-corrected chi connectivity index (χ1v) is 16.6. The lowest BCUT2D eigenvalue weighted by Gasteiger charge is -2.47. The van der Waals surface area contributed by atoms with E-state index < -0.39 is 34.4 Å². The Morgan fingerprint density at radius 3 is 2.55 bits per heavy atom. The molecule has 2 aromatic carbocycles.